The topological polar surface area (TPSA) is 9.23 Å². The molecule has 1 rings (SSSR count). The molecule has 0 N–H and O–H groups in total. The summed E-state index contributed by atoms with van der Waals surface area (Å²) in [5.41, 5.74) is 2.55. The molecular weight excluding hydrogens is 148 g/mol. The highest BCUT2D eigenvalue weighted by Crippen LogP contribution is 2.24. The third-order valence-electron chi connectivity index (χ3n) is 1.91. The number of allylic oxidation sites excluding steroid dienone is 6. The Morgan fingerprint density at radius 1 is 1.67 bits per heavy atom. The lowest BCUT2D eigenvalue weighted by Gasteiger charge is -2.01. The summed E-state index contributed by atoms with van der Waals surface area (Å²) in [5.74, 6) is 0.716. The van der Waals surface area contributed by atoms with Gasteiger partial charge >= 0.3 is 0 Å². The van der Waals surface area contributed by atoms with E-state index in [9.17, 15) is 0 Å². The fourth-order valence-electron chi connectivity index (χ4n) is 1.21. The molecule has 0 spiro atoms. The molecule has 1 heteroatoms. The lowest BCUT2D eigenvalue weighted by Crippen LogP contribution is -1.84. The molecule has 0 unspecified atom stereocenters. The van der Waals surface area contributed by atoms with Crippen molar-refractivity contribution in [1.29, 1.82) is 0 Å². The second kappa shape index (κ2) is 3.96. The molecule has 1 aliphatic carbocycles. The van der Waals surface area contributed by atoms with Crippen LogP contribution in [0.3, 0.4) is 0 Å². The predicted octanol–water partition coefficient (Wildman–Crippen LogP) is 2.98. The number of methoxy groups -OCH3 is 1. The van der Waals surface area contributed by atoms with Crippen molar-refractivity contribution in [1.82, 2.24) is 0 Å². The van der Waals surface area contributed by atoms with Gasteiger partial charge in [0.05, 0.1) is 7.11 Å². The van der Waals surface area contributed by atoms with E-state index in [4.69, 9.17) is 4.74 Å². The first-order valence-corrected chi connectivity index (χ1v) is 4.04. The van der Waals surface area contributed by atoms with Crippen LogP contribution in [0.4, 0.5) is 0 Å². The van der Waals surface area contributed by atoms with Crippen molar-refractivity contribution < 1.29 is 4.74 Å². The van der Waals surface area contributed by atoms with E-state index in [0.29, 0.717) is 5.76 Å². The number of hydrogen-bond donors (Lipinski definition) is 0. The van der Waals surface area contributed by atoms with Crippen molar-refractivity contribution in [2.24, 2.45) is 0 Å². The summed E-state index contributed by atoms with van der Waals surface area (Å²) >= 11 is 0. The summed E-state index contributed by atoms with van der Waals surface area (Å²) in [6.45, 7) is 5.79. The van der Waals surface area contributed by atoms with Gasteiger partial charge in [-0.3, -0.25) is 0 Å². The number of ether oxygens (including phenoxy) is 1. The molecule has 0 amide bonds. The van der Waals surface area contributed by atoms with Crippen molar-refractivity contribution in [2.45, 2.75) is 13.3 Å². The van der Waals surface area contributed by atoms with Crippen LogP contribution in [0.1, 0.15) is 13.3 Å². The van der Waals surface area contributed by atoms with Crippen LogP contribution in [0, 0.1) is 0 Å². The average molecular weight is 162 g/mol. The molecule has 1 aliphatic rings. The van der Waals surface area contributed by atoms with Crippen molar-refractivity contribution in [3.05, 3.63) is 47.8 Å². The van der Waals surface area contributed by atoms with Crippen LogP contribution in [-0.4, -0.2) is 7.11 Å². The van der Waals surface area contributed by atoms with Gasteiger partial charge in [-0.2, -0.15) is 0 Å². The van der Waals surface area contributed by atoms with Crippen molar-refractivity contribution in [3.63, 3.8) is 0 Å². The van der Waals surface area contributed by atoms with Gasteiger partial charge in [-0.15, -0.1) is 0 Å². The Bertz CT molecular complexity index is 267. The molecule has 64 valence electrons. The second-order valence-corrected chi connectivity index (χ2v) is 2.69. The Hall–Kier alpha value is -1.24. The minimum absolute atomic E-state index is 0.716. The smallest absolute Gasteiger partial charge is 0.112 e. The maximum atomic E-state index is 4.98. The summed E-state index contributed by atoms with van der Waals surface area (Å²) in [6.07, 6.45) is 9.33. The first-order valence-electron chi connectivity index (χ1n) is 4.04. The first kappa shape index (κ1) is 8.85. The highest BCUT2D eigenvalue weighted by Gasteiger charge is 2.05. The fourth-order valence-corrected chi connectivity index (χ4v) is 1.21. The van der Waals surface area contributed by atoms with Gasteiger partial charge < -0.3 is 4.74 Å². The lowest BCUT2D eigenvalue weighted by atomic mass is 10.1. The van der Waals surface area contributed by atoms with Gasteiger partial charge in [0.2, 0.25) is 0 Å². The molecule has 0 bridgehead atoms. The van der Waals surface area contributed by atoms with Crippen LogP contribution in [-0.2, 0) is 4.74 Å². The monoisotopic (exact) mass is 162 g/mol. The van der Waals surface area contributed by atoms with Crippen molar-refractivity contribution in [2.75, 3.05) is 7.11 Å². The highest BCUT2D eigenvalue weighted by molar-refractivity contribution is 5.47. The SMILES string of the molecule is C=C(/C=C1/CC=C/C1=C/C)OC. The molecule has 0 heterocycles. The third kappa shape index (κ3) is 1.88. The van der Waals surface area contributed by atoms with Crippen LogP contribution in [0.15, 0.2) is 47.8 Å². The molecule has 0 aliphatic heterocycles. The maximum absolute atomic E-state index is 4.98. The van der Waals surface area contributed by atoms with Gasteiger partial charge in [-0.05, 0) is 30.6 Å². The van der Waals surface area contributed by atoms with E-state index < -0.39 is 0 Å². The van der Waals surface area contributed by atoms with Crippen LogP contribution in [0.5, 0.6) is 0 Å². The fraction of sp³-hybridized carbons (Fsp3) is 0.273. The van der Waals surface area contributed by atoms with Gasteiger partial charge in [0.1, 0.15) is 5.76 Å². The maximum Gasteiger partial charge on any atom is 0.112 e. The van der Waals surface area contributed by atoms with E-state index in [0.717, 1.165) is 6.42 Å². The summed E-state index contributed by atoms with van der Waals surface area (Å²) in [5, 5.41) is 0. The van der Waals surface area contributed by atoms with Crippen LogP contribution in [0.2, 0.25) is 0 Å². The van der Waals surface area contributed by atoms with E-state index in [-0.39, 0.29) is 0 Å². The molecule has 0 saturated carbocycles. The van der Waals surface area contributed by atoms with E-state index in [1.54, 1.807) is 7.11 Å². The van der Waals surface area contributed by atoms with Crippen molar-refractivity contribution in [3.8, 4) is 0 Å². The zero-order valence-corrected chi connectivity index (χ0v) is 7.63. The number of rotatable bonds is 2. The normalized spacial score (nSPS) is 22.2. The molecular formula is C11H14O. The standard InChI is InChI=1S/C11H14O/c1-4-10-6-5-7-11(10)8-9(2)12-3/h4-6,8H,2,7H2,1,3H3/b10-4-,11-8-. The Labute approximate surface area is 73.7 Å². The summed E-state index contributed by atoms with van der Waals surface area (Å²) in [6, 6.07) is 0. The van der Waals surface area contributed by atoms with E-state index in [2.05, 4.69) is 24.8 Å². The molecule has 0 aromatic heterocycles. The van der Waals surface area contributed by atoms with Gasteiger partial charge in [-0.1, -0.05) is 24.8 Å². The quantitative estimate of drug-likeness (QED) is 0.567. The van der Waals surface area contributed by atoms with E-state index in [1.165, 1.54) is 11.1 Å². The van der Waals surface area contributed by atoms with Crippen LogP contribution in [0.25, 0.3) is 0 Å². The van der Waals surface area contributed by atoms with Gasteiger partial charge in [-0.25, -0.2) is 0 Å². The molecule has 12 heavy (non-hydrogen) atoms. The number of hydrogen-bond acceptors (Lipinski definition) is 1. The van der Waals surface area contributed by atoms with Crippen molar-refractivity contribution >= 4 is 0 Å². The lowest BCUT2D eigenvalue weighted by molar-refractivity contribution is 0.308. The van der Waals surface area contributed by atoms with E-state index in [1.807, 2.05) is 13.0 Å². The molecule has 0 fully saturated rings. The molecule has 0 aromatic carbocycles. The zero-order valence-electron chi connectivity index (χ0n) is 7.63. The first-order chi connectivity index (χ1) is 5.77. The Balaban J connectivity index is 2.78. The molecule has 0 atom stereocenters. The predicted molar refractivity (Wildman–Crippen MR) is 51.7 cm³/mol. The third-order valence-corrected chi connectivity index (χ3v) is 1.91. The summed E-state index contributed by atoms with van der Waals surface area (Å²) in [4.78, 5) is 0. The minimum atomic E-state index is 0.716. The van der Waals surface area contributed by atoms with Crippen LogP contribution >= 0.6 is 0 Å². The summed E-state index contributed by atoms with van der Waals surface area (Å²) in [7, 11) is 1.64. The van der Waals surface area contributed by atoms with Crippen LogP contribution < -0.4 is 0 Å². The van der Waals surface area contributed by atoms with Gasteiger partial charge in [0.15, 0.2) is 0 Å². The summed E-state index contributed by atoms with van der Waals surface area (Å²) < 4.78 is 4.98. The zero-order chi connectivity index (χ0) is 8.97. The molecule has 0 radical (unpaired) electrons. The average Bonchev–Trinajstić information content (AvgIpc) is 2.51. The Morgan fingerprint density at radius 2 is 2.42 bits per heavy atom. The second-order valence-electron chi connectivity index (χ2n) is 2.69. The Morgan fingerprint density at radius 3 is 3.00 bits per heavy atom. The molecule has 0 aromatic rings. The molecule has 1 nitrogen and oxygen atoms in total. The van der Waals surface area contributed by atoms with Gasteiger partial charge in [0, 0.05) is 0 Å². The minimum Gasteiger partial charge on any atom is -0.497 e. The van der Waals surface area contributed by atoms with Gasteiger partial charge in [0.25, 0.3) is 0 Å². The largest absolute Gasteiger partial charge is 0.497 e. The van der Waals surface area contributed by atoms with E-state index >= 15 is 0 Å². The Kier molecular flexibility index (Phi) is 2.92. The highest BCUT2D eigenvalue weighted by atomic mass is 16.5. The molecule has 0 saturated heterocycles.